The number of anilines is 2. The summed E-state index contributed by atoms with van der Waals surface area (Å²) < 4.78 is 26.7. The van der Waals surface area contributed by atoms with Crippen LogP contribution in [-0.2, 0) is 14.8 Å². The Kier molecular flexibility index (Phi) is 7.24. The van der Waals surface area contributed by atoms with Crippen molar-refractivity contribution < 1.29 is 13.2 Å². The number of rotatable bonds is 8. The highest BCUT2D eigenvalue weighted by atomic mass is 32.2. The fourth-order valence-corrected chi connectivity index (χ4v) is 5.44. The van der Waals surface area contributed by atoms with E-state index in [2.05, 4.69) is 22.4 Å². The van der Waals surface area contributed by atoms with Crippen LogP contribution in [0.3, 0.4) is 0 Å². The Morgan fingerprint density at radius 2 is 1.89 bits per heavy atom. The lowest BCUT2D eigenvalue weighted by atomic mass is 10.1. The monoisotopic (exact) mass is 428 g/mol. The third-order valence-electron chi connectivity index (χ3n) is 3.62. The zero-order valence-corrected chi connectivity index (χ0v) is 18.5. The van der Waals surface area contributed by atoms with E-state index in [1.807, 2.05) is 19.9 Å². The summed E-state index contributed by atoms with van der Waals surface area (Å²) in [6.45, 7) is 7.41. The molecule has 7 nitrogen and oxygen atoms in total. The number of aryl methyl sites for hydroxylation is 2. The number of hydrogen-bond acceptors (Lipinski definition) is 7. The summed E-state index contributed by atoms with van der Waals surface area (Å²) in [4.78, 5) is 12.7. The molecule has 0 aliphatic rings. The number of hydrogen-bond donors (Lipinski definition) is 1. The Morgan fingerprint density at radius 3 is 2.44 bits per heavy atom. The van der Waals surface area contributed by atoms with Gasteiger partial charge in [-0.1, -0.05) is 36.1 Å². The molecule has 0 aliphatic carbocycles. The molecule has 0 spiro atoms. The lowest BCUT2D eigenvalue weighted by Gasteiger charge is -2.28. The first kappa shape index (κ1) is 21.6. The number of benzene rings is 1. The average molecular weight is 429 g/mol. The Hall–Kier alpha value is -1.65. The molecule has 1 heterocycles. The van der Waals surface area contributed by atoms with Gasteiger partial charge >= 0.3 is 0 Å². The first-order valence-corrected chi connectivity index (χ1v) is 12.1. The molecule has 27 heavy (non-hydrogen) atoms. The van der Waals surface area contributed by atoms with Crippen LogP contribution in [0.15, 0.2) is 22.5 Å². The molecule has 0 aliphatic heterocycles. The van der Waals surface area contributed by atoms with Crippen LogP contribution in [0.1, 0.15) is 31.4 Å². The topological polar surface area (TPSA) is 92.3 Å². The van der Waals surface area contributed by atoms with Gasteiger partial charge in [-0.05, 0) is 50.5 Å². The van der Waals surface area contributed by atoms with E-state index in [0.717, 1.165) is 38.2 Å². The molecule has 0 radical (unpaired) electrons. The van der Waals surface area contributed by atoms with Crippen molar-refractivity contribution in [3.05, 3.63) is 29.3 Å². The number of carbonyl (C=O) groups is 1. The summed E-state index contributed by atoms with van der Waals surface area (Å²) in [6, 6.07) is 4.52. The van der Waals surface area contributed by atoms with Gasteiger partial charge in [0, 0.05) is 5.75 Å². The number of sulfonamides is 1. The van der Waals surface area contributed by atoms with Crippen LogP contribution >= 0.6 is 23.1 Å². The summed E-state index contributed by atoms with van der Waals surface area (Å²) >= 11 is 2.85. The minimum Gasteiger partial charge on any atom is -0.299 e. The van der Waals surface area contributed by atoms with E-state index in [4.69, 9.17) is 0 Å². The van der Waals surface area contributed by atoms with Gasteiger partial charge in [-0.15, -0.1) is 10.2 Å². The van der Waals surface area contributed by atoms with Crippen molar-refractivity contribution in [2.45, 2.75) is 44.5 Å². The van der Waals surface area contributed by atoms with Crippen LogP contribution in [0, 0.1) is 13.8 Å². The second kappa shape index (κ2) is 9.03. The molecule has 0 saturated heterocycles. The fraction of sp³-hybridized carbons (Fsp3) is 0.471. The summed E-state index contributed by atoms with van der Waals surface area (Å²) in [5.74, 6) is 0.468. The molecule has 2 aromatic rings. The second-order valence-electron chi connectivity index (χ2n) is 6.29. The fourth-order valence-electron chi connectivity index (χ4n) is 2.60. The Morgan fingerprint density at radius 1 is 1.26 bits per heavy atom. The zero-order valence-electron chi connectivity index (χ0n) is 16.0. The van der Waals surface area contributed by atoms with Gasteiger partial charge in [-0.2, -0.15) is 0 Å². The van der Waals surface area contributed by atoms with Crippen LogP contribution in [0.25, 0.3) is 0 Å². The van der Waals surface area contributed by atoms with E-state index in [1.54, 1.807) is 30.8 Å². The highest BCUT2D eigenvalue weighted by molar-refractivity contribution is 8.01. The summed E-state index contributed by atoms with van der Waals surface area (Å²) in [5.41, 5.74) is 2.31. The van der Waals surface area contributed by atoms with Gasteiger partial charge < -0.3 is 0 Å². The first-order valence-electron chi connectivity index (χ1n) is 8.46. The van der Waals surface area contributed by atoms with Crippen molar-refractivity contribution >= 4 is 49.8 Å². The largest absolute Gasteiger partial charge is 0.299 e. The number of thioether (sulfide) groups is 1. The lowest BCUT2D eigenvalue weighted by molar-refractivity contribution is -0.116. The lowest BCUT2D eigenvalue weighted by Crippen LogP contribution is -2.45. The van der Waals surface area contributed by atoms with Crippen molar-refractivity contribution in [2.24, 2.45) is 0 Å². The van der Waals surface area contributed by atoms with Gasteiger partial charge in [0.05, 0.1) is 11.9 Å². The maximum Gasteiger partial charge on any atom is 0.249 e. The molecule has 0 bridgehead atoms. The van der Waals surface area contributed by atoms with Gasteiger partial charge in [-0.3, -0.25) is 14.4 Å². The van der Waals surface area contributed by atoms with Crippen molar-refractivity contribution in [1.29, 1.82) is 0 Å². The van der Waals surface area contributed by atoms with Gasteiger partial charge in [0.25, 0.3) is 0 Å². The highest BCUT2D eigenvalue weighted by Gasteiger charge is 2.30. The molecular formula is C17H24N4O3S3. The average Bonchev–Trinajstić information content (AvgIpc) is 2.98. The first-order chi connectivity index (χ1) is 12.6. The number of carbonyl (C=O) groups excluding carboxylic acids is 1. The Balaban J connectivity index is 2.23. The molecule has 1 aromatic heterocycles. The smallest absolute Gasteiger partial charge is 0.249 e. The van der Waals surface area contributed by atoms with Crippen LogP contribution in [0.5, 0.6) is 0 Å². The predicted molar refractivity (Wildman–Crippen MR) is 112 cm³/mol. The number of aromatic nitrogens is 2. The molecule has 0 saturated carbocycles. The molecule has 1 amide bonds. The highest BCUT2D eigenvalue weighted by Crippen LogP contribution is 2.27. The molecule has 0 fully saturated rings. The number of nitrogens with one attached hydrogen (secondary N) is 1. The van der Waals surface area contributed by atoms with Crippen LogP contribution in [0.2, 0.25) is 0 Å². The van der Waals surface area contributed by atoms with Gasteiger partial charge in [0.1, 0.15) is 6.04 Å². The minimum absolute atomic E-state index is 0.360. The maximum absolute atomic E-state index is 12.7. The summed E-state index contributed by atoms with van der Waals surface area (Å²) in [5, 5.41) is 11.0. The van der Waals surface area contributed by atoms with Gasteiger partial charge in [0.2, 0.25) is 21.1 Å². The summed E-state index contributed by atoms with van der Waals surface area (Å²) in [7, 11) is -3.66. The van der Waals surface area contributed by atoms with Crippen molar-refractivity contribution in [2.75, 3.05) is 21.6 Å². The third kappa shape index (κ3) is 5.91. The Labute approximate surface area is 168 Å². The quantitative estimate of drug-likeness (QED) is 0.511. The maximum atomic E-state index is 12.7. The van der Waals surface area contributed by atoms with E-state index in [-0.39, 0.29) is 0 Å². The van der Waals surface area contributed by atoms with E-state index < -0.39 is 22.0 Å². The number of amides is 1. The van der Waals surface area contributed by atoms with Crippen molar-refractivity contribution in [1.82, 2.24) is 10.2 Å². The van der Waals surface area contributed by atoms with Crippen LogP contribution in [0.4, 0.5) is 10.8 Å². The molecule has 1 unspecified atom stereocenters. The molecule has 148 valence electrons. The number of nitrogens with zero attached hydrogens (tertiary/aromatic N) is 3. The molecule has 1 N–H and O–H groups in total. The second-order valence-corrected chi connectivity index (χ2v) is 10.5. The van der Waals surface area contributed by atoms with E-state index >= 15 is 0 Å². The SMILES string of the molecule is CCCSc1nnc(NC(=O)C(C)N(c2cc(C)cc(C)c2)S(C)(=O)=O)s1. The molecule has 2 rings (SSSR count). The van der Waals surface area contributed by atoms with Gasteiger partial charge in [0.15, 0.2) is 4.34 Å². The predicted octanol–water partition coefficient (Wildman–Crippen LogP) is 3.45. The van der Waals surface area contributed by atoms with E-state index in [9.17, 15) is 13.2 Å². The van der Waals surface area contributed by atoms with Crippen LogP contribution < -0.4 is 9.62 Å². The standard InChI is InChI=1S/C17H24N4O3S3/c1-6-7-25-17-20-19-16(26-17)18-15(22)13(4)21(27(5,23)24)14-9-11(2)8-12(3)10-14/h8-10,13H,6-7H2,1-5H3,(H,18,19,22). The molecule has 1 aromatic carbocycles. The van der Waals surface area contributed by atoms with Crippen molar-refractivity contribution in [3.63, 3.8) is 0 Å². The molecular weight excluding hydrogens is 404 g/mol. The third-order valence-corrected chi connectivity index (χ3v) is 7.04. The van der Waals surface area contributed by atoms with Gasteiger partial charge in [-0.25, -0.2) is 8.42 Å². The van der Waals surface area contributed by atoms with Crippen molar-refractivity contribution in [3.8, 4) is 0 Å². The van der Waals surface area contributed by atoms with Crippen LogP contribution in [-0.4, -0.2) is 42.6 Å². The minimum atomic E-state index is -3.66. The Bertz CT molecular complexity index is 892. The summed E-state index contributed by atoms with van der Waals surface area (Å²) in [6.07, 6.45) is 2.11. The van der Waals surface area contributed by atoms with E-state index in [0.29, 0.717) is 10.8 Å². The molecule has 1 atom stereocenters. The van der Waals surface area contributed by atoms with E-state index in [1.165, 1.54) is 11.3 Å². The zero-order chi connectivity index (χ0) is 20.2. The molecule has 10 heteroatoms. The normalized spacial score (nSPS) is 12.6.